The van der Waals surface area contributed by atoms with Gasteiger partial charge >= 0.3 is 0 Å². The Kier molecular flexibility index (Phi) is 3.38. The molecule has 0 spiro atoms. The average Bonchev–Trinajstić information content (AvgIpc) is 2.26. The number of aromatic amines is 1. The molecule has 0 aliphatic rings. The van der Waals surface area contributed by atoms with Gasteiger partial charge in [-0.3, -0.25) is 14.9 Å². The first-order valence-corrected chi connectivity index (χ1v) is 5.86. The Morgan fingerprint density at radius 2 is 2.05 bits per heavy atom. The lowest BCUT2D eigenvalue weighted by Gasteiger charge is -2.03. The number of hydrogen-bond donors (Lipinski definition) is 3. The molecule has 1 aromatic heterocycles. The summed E-state index contributed by atoms with van der Waals surface area (Å²) in [5, 5.41) is 10.9. The summed E-state index contributed by atoms with van der Waals surface area (Å²) in [7, 11) is 0. The zero-order valence-corrected chi connectivity index (χ0v) is 10.3. The monoisotopic (exact) mass is 279 g/mol. The van der Waals surface area contributed by atoms with E-state index in [-0.39, 0.29) is 22.8 Å². The second kappa shape index (κ2) is 4.98. The Morgan fingerprint density at radius 1 is 1.32 bits per heavy atom. The molecule has 1 heterocycles. The van der Waals surface area contributed by atoms with E-state index in [1.54, 1.807) is 0 Å². The van der Waals surface area contributed by atoms with E-state index in [2.05, 4.69) is 9.97 Å². The normalized spacial score (nSPS) is 10.3. The maximum absolute atomic E-state index is 11.2. The number of H-pyrrole nitrogens is 1. The predicted octanol–water partition coefficient (Wildman–Crippen LogP) is 0.994. The van der Waals surface area contributed by atoms with E-state index >= 15 is 0 Å². The molecular formula is C10H9N5O3S. The van der Waals surface area contributed by atoms with Gasteiger partial charge in [-0.2, -0.15) is 0 Å². The quantitative estimate of drug-likeness (QED) is 0.329. The van der Waals surface area contributed by atoms with Crippen molar-refractivity contribution in [2.24, 2.45) is 0 Å². The zero-order valence-electron chi connectivity index (χ0n) is 9.49. The molecule has 0 bridgehead atoms. The van der Waals surface area contributed by atoms with Crippen LogP contribution in [0.2, 0.25) is 0 Å². The van der Waals surface area contributed by atoms with Gasteiger partial charge in [0.25, 0.3) is 11.2 Å². The fourth-order valence-corrected chi connectivity index (χ4v) is 2.22. The molecule has 2 rings (SSSR count). The first-order chi connectivity index (χ1) is 8.95. The smallest absolute Gasteiger partial charge is 0.292 e. The molecule has 0 fully saturated rings. The Balaban J connectivity index is 2.31. The minimum atomic E-state index is -0.565. The molecule has 0 aliphatic heterocycles. The van der Waals surface area contributed by atoms with Crippen LogP contribution in [0.4, 0.5) is 17.2 Å². The molecule has 0 amide bonds. The number of rotatable bonds is 3. The van der Waals surface area contributed by atoms with Crippen molar-refractivity contribution >= 4 is 29.0 Å². The van der Waals surface area contributed by atoms with Crippen LogP contribution in [-0.4, -0.2) is 14.9 Å². The van der Waals surface area contributed by atoms with Crippen LogP contribution in [0, 0.1) is 10.1 Å². The third kappa shape index (κ3) is 3.01. The van der Waals surface area contributed by atoms with E-state index in [9.17, 15) is 14.9 Å². The number of aromatic nitrogens is 2. The van der Waals surface area contributed by atoms with E-state index in [1.807, 2.05) is 0 Å². The number of nitro benzene ring substituents is 1. The summed E-state index contributed by atoms with van der Waals surface area (Å²) in [6.07, 6.45) is 0. The van der Waals surface area contributed by atoms with E-state index in [0.29, 0.717) is 10.1 Å². The maximum Gasteiger partial charge on any atom is 0.292 e. The van der Waals surface area contributed by atoms with Crippen LogP contribution in [-0.2, 0) is 0 Å². The number of nitrogens with two attached hydrogens (primary N) is 2. The van der Waals surface area contributed by atoms with Crippen LogP contribution in [0.3, 0.4) is 0 Å². The standard InChI is InChI=1S/C10H9N5O3S/c11-6-3-5(1-2-7(6)15(17)18)19-10-13-8(12)4-9(16)14-10/h1-4H,11H2,(H3,12,13,14,16). The lowest BCUT2D eigenvalue weighted by atomic mass is 10.3. The molecule has 2 aromatic rings. The van der Waals surface area contributed by atoms with Crippen molar-refractivity contribution in [3.8, 4) is 0 Å². The first-order valence-electron chi connectivity index (χ1n) is 5.04. The second-order valence-electron chi connectivity index (χ2n) is 3.56. The number of nitrogens with one attached hydrogen (secondary N) is 1. The molecule has 0 radical (unpaired) electrons. The molecule has 1 aromatic carbocycles. The fourth-order valence-electron chi connectivity index (χ4n) is 1.38. The van der Waals surface area contributed by atoms with Crippen molar-refractivity contribution in [3.05, 3.63) is 44.7 Å². The van der Waals surface area contributed by atoms with Crippen molar-refractivity contribution in [1.82, 2.24) is 9.97 Å². The molecule has 9 heteroatoms. The molecule has 19 heavy (non-hydrogen) atoms. The summed E-state index contributed by atoms with van der Waals surface area (Å²) in [5.41, 5.74) is 10.5. The molecule has 0 saturated heterocycles. The van der Waals surface area contributed by atoms with Crippen LogP contribution in [0.5, 0.6) is 0 Å². The van der Waals surface area contributed by atoms with Gasteiger partial charge in [-0.15, -0.1) is 0 Å². The number of nitrogens with zero attached hydrogens (tertiary/aromatic N) is 2. The Bertz CT molecular complexity index is 700. The van der Waals surface area contributed by atoms with Crippen molar-refractivity contribution < 1.29 is 4.92 Å². The van der Waals surface area contributed by atoms with Gasteiger partial charge < -0.3 is 16.5 Å². The number of hydrogen-bond acceptors (Lipinski definition) is 7. The SMILES string of the molecule is Nc1cc(=O)[nH]c(Sc2ccc([N+](=O)[O-])c(N)c2)n1. The third-order valence-electron chi connectivity index (χ3n) is 2.15. The number of nitro groups is 1. The Hall–Kier alpha value is -2.55. The number of benzene rings is 1. The Morgan fingerprint density at radius 3 is 2.63 bits per heavy atom. The lowest BCUT2D eigenvalue weighted by molar-refractivity contribution is -0.383. The molecule has 98 valence electrons. The summed E-state index contributed by atoms with van der Waals surface area (Å²) < 4.78 is 0. The van der Waals surface area contributed by atoms with Gasteiger partial charge in [-0.05, 0) is 12.1 Å². The van der Waals surface area contributed by atoms with E-state index in [1.165, 1.54) is 18.2 Å². The fraction of sp³-hybridized carbons (Fsp3) is 0. The van der Waals surface area contributed by atoms with Crippen LogP contribution < -0.4 is 17.0 Å². The molecule has 0 aliphatic carbocycles. The van der Waals surface area contributed by atoms with Gasteiger partial charge in [0.15, 0.2) is 5.16 Å². The zero-order chi connectivity index (χ0) is 14.0. The van der Waals surface area contributed by atoms with Gasteiger partial charge in [-0.25, -0.2) is 4.98 Å². The van der Waals surface area contributed by atoms with Gasteiger partial charge in [0.05, 0.1) is 4.92 Å². The summed E-state index contributed by atoms with van der Waals surface area (Å²) in [6, 6.07) is 5.41. The number of anilines is 2. The van der Waals surface area contributed by atoms with E-state index < -0.39 is 4.92 Å². The first kappa shape index (κ1) is 12.9. The molecule has 5 N–H and O–H groups in total. The highest BCUT2D eigenvalue weighted by Crippen LogP contribution is 2.30. The summed E-state index contributed by atoms with van der Waals surface area (Å²) in [5.74, 6) is 0.0983. The van der Waals surface area contributed by atoms with Crippen LogP contribution in [0.1, 0.15) is 0 Å². The van der Waals surface area contributed by atoms with Crippen LogP contribution >= 0.6 is 11.8 Å². The van der Waals surface area contributed by atoms with Gasteiger partial charge in [0.2, 0.25) is 0 Å². The topological polar surface area (TPSA) is 141 Å². The highest BCUT2D eigenvalue weighted by atomic mass is 32.2. The highest BCUT2D eigenvalue weighted by Gasteiger charge is 2.12. The summed E-state index contributed by atoms with van der Waals surface area (Å²) in [6.45, 7) is 0. The maximum atomic E-state index is 11.2. The molecular weight excluding hydrogens is 270 g/mol. The predicted molar refractivity (Wildman–Crippen MR) is 70.9 cm³/mol. The van der Waals surface area contributed by atoms with Crippen molar-refractivity contribution in [1.29, 1.82) is 0 Å². The van der Waals surface area contributed by atoms with Crippen molar-refractivity contribution in [3.63, 3.8) is 0 Å². The van der Waals surface area contributed by atoms with Gasteiger partial charge in [0, 0.05) is 17.0 Å². The Labute approximate surface area is 111 Å². The molecule has 8 nitrogen and oxygen atoms in total. The minimum Gasteiger partial charge on any atom is -0.393 e. The highest BCUT2D eigenvalue weighted by molar-refractivity contribution is 7.99. The second-order valence-corrected chi connectivity index (χ2v) is 4.62. The summed E-state index contributed by atoms with van der Waals surface area (Å²) >= 11 is 1.10. The third-order valence-corrected chi connectivity index (χ3v) is 3.03. The largest absolute Gasteiger partial charge is 0.393 e. The van der Waals surface area contributed by atoms with Gasteiger partial charge in [0.1, 0.15) is 11.5 Å². The summed E-state index contributed by atoms with van der Waals surface area (Å²) in [4.78, 5) is 28.3. The van der Waals surface area contributed by atoms with Crippen LogP contribution in [0.25, 0.3) is 0 Å². The molecule has 0 atom stereocenters. The lowest BCUT2D eigenvalue weighted by Crippen LogP contribution is -2.09. The van der Waals surface area contributed by atoms with Crippen molar-refractivity contribution in [2.45, 2.75) is 10.1 Å². The van der Waals surface area contributed by atoms with E-state index in [4.69, 9.17) is 11.5 Å². The number of nitrogen functional groups attached to an aromatic ring is 2. The molecule has 0 saturated carbocycles. The van der Waals surface area contributed by atoms with Crippen LogP contribution in [0.15, 0.2) is 39.1 Å². The average molecular weight is 279 g/mol. The van der Waals surface area contributed by atoms with Gasteiger partial charge in [-0.1, -0.05) is 11.8 Å². The minimum absolute atomic E-state index is 0.0428. The van der Waals surface area contributed by atoms with Crippen molar-refractivity contribution in [2.75, 3.05) is 11.5 Å². The molecule has 0 unspecified atom stereocenters. The van der Waals surface area contributed by atoms with E-state index in [0.717, 1.165) is 17.8 Å².